The third kappa shape index (κ3) is 5.56. The number of esters is 1. The summed E-state index contributed by atoms with van der Waals surface area (Å²) < 4.78 is 11.3. The van der Waals surface area contributed by atoms with Crippen LogP contribution in [-0.2, 0) is 27.3 Å². The van der Waals surface area contributed by atoms with Gasteiger partial charge >= 0.3 is 11.7 Å². The van der Waals surface area contributed by atoms with Gasteiger partial charge in [-0.3, -0.25) is 24.3 Å². The molecule has 1 heterocycles. The Morgan fingerprint density at radius 3 is 2.77 bits per heavy atom. The summed E-state index contributed by atoms with van der Waals surface area (Å²) in [5.74, 6) is -1.69. The van der Waals surface area contributed by atoms with E-state index in [9.17, 15) is 24.5 Å². The summed E-state index contributed by atoms with van der Waals surface area (Å²) in [7, 11) is 0. The van der Waals surface area contributed by atoms with Gasteiger partial charge in [0.15, 0.2) is 12.2 Å². The topological polar surface area (TPSA) is 134 Å². The number of fused-ring (bicyclic) bond motifs is 1. The van der Waals surface area contributed by atoms with Crippen LogP contribution < -0.4 is 11.1 Å². The van der Waals surface area contributed by atoms with Gasteiger partial charge in [-0.25, -0.2) is 4.79 Å². The van der Waals surface area contributed by atoms with Crippen LogP contribution >= 0.6 is 0 Å². The molecule has 0 radical (unpaired) electrons. The van der Waals surface area contributed by atoms with Crippen molar-refractivity contribution in [3.8, 4) is 0 Å². The Labute approximate surface area is 176 Å². The van der Waals surface area contributed by atoms with Gasteiger partial charge in [0.05, 0.1) is 16.5 Å². The molecule has 0 spiro atoms. The van der Waals surface area contributed by atoms with E-state index in [1.54, 1.807) is 6.07 Å². The zero-order valence-electron chi connectivity index (χ0n) is 16.8. The number of carbonyl (C=O) groups excluding carboxylic acids is 2. The average Bonchev–Trinajstić information content (AvgIpc) is 3.06. The number of carbonyl (C=O) groups is 2. The van der Waals surface area contributed by atoms with Crippen LogP contribution in [0.3, 0.4) is 0 Å². The molecule has 0 aliphatic heterocycles. The Morgan fingerprint density at radius 2 is 2.03 bits per heavy atom. The van der Waals surface area contributed by atoms with Gasteiger partial charge < -0.3 is 14.5 Å². The molecule has 3 aromatic rings. The lowest BCUT2D eigenvalue weighted by molar-refractivity contribution is -0.384. The van der Waals surface area contributed by atoms with Crippen molar-refractivity contribution in [3.05, 3.63) is 68.7 Å². The SMILES string of the molecule is CCc1cccc(NC(=O)COC(=O)CCCn2c(=O)oc3cc([N+](=O)[O-])ccc32)c1. The van der Waals surface area contributed by atoms with Crippen LogP contribution in [0.4, 0.5) is 11.4 Å². The molecule has 0 aliphatic carbocycles. The molecule has 0 saturated heterocycles. The number of hydrogen-bond acceptors (Lipinski definition) is 7. The van der Waals surface area contributed by atoms with Crippen molar-refractivity contribution in [2.24, 2.45) is 0 Å². The monoisotopic (exact) mass is 427 g/mol. The number of nitrogens with zero attached hydrogens (tertiary/aromatic N) is 2. The summed E-state index contributed by atoms with van der Waals surface area (Å²) in [6.45, 7) is 1.76. The molecule has 31 heavy (non-hydrogen) atoms. The minimum atomic E-state index is -0.669. The molecule has 162 valence electrons. The first kappa shape index (κ1) is 21.8. The van der Waals surface area contributed by atoms with Gasteiger partial charge in [0.2, 0.25) is 0 Å². The van der Waals surface area contributed by atoms with Crippen molar-refractivity contribution in [2.45, 2.75) is 32.7 Å². The van der Waals surface area contributed by atoms with E-state index in [2.05, 4.69) is 5.32 Å². The number of oxazole rings is 1. The number of anilines is 1. The Hall–Kier alpha value is -3.95. The van der Waals surface area contributed by atoms with E-state index < -0.39 is 29.2 Å². The maximum Gasteiger partial charge on any atom is 0.419 e. The number of nitrogens with one attached hydrogen (secondary N) is 1. The number of aryl methyl sites for hydroxylation is 2. The number of benzene rings is 2. The first-order valence-electron chi connectivity index (χ1n) is 9.69. The standard InChI is InChI=1S/C21H21N3O7/c1-2-14-5-3-6-15(11-14)22-19(25)13-30-20(26)7-4-10-23-17-9-8-16(24(28)29)12-18(17)31-21(23)27/h3,5-6,8-9,11-12H,2,4,7,10,13H2,1H3,(H,22,25). The Kier molecular flexibility index (Phi) is 6.81. The normalized spacial score (nSPS) is 10.7. The second kappa shape index (κ2) is 9.70. The maximum atomic E-state index is 12.0. The Morgan fingerprint density at radius 1 is 1.23 bits per heavy atom. The molecule has 2 aromatic carbocycles. The summed E-state index contributed by atoms with van der Waals surface area (Å²) in [6, 6.07) is 11.3. The van der Waals surface area contributed by atoms with Crippen molar-refractivity contribution in [3.63, 3.8) is 0 Å². The van der Waals surface area contributed by atoms with E-state index >= 15 is 0 Å². The average molecular weight is 427 g/mol. The fourth-order valence-electron chi connectivity index (χ4n) is 3.05. The van der Waals surface area contributed by atoms with Crippen LogP contribution in [0, 0.1) is 10.1 Å². The number of hydrogen-bond donors (Lipinski definition) is 1. The molecular weight excluding hydrogens is 406 g/mol. The fourth-order valence-corrected chi connectivity index (χ4v) is 3.05. The van der Waals surface area contributed by atoms with Gasteiger partial charge in [0, 0.05) is 24.7 Å². The van der Waals surface area contributed by atoms with E-state index in [0.717, 1.165) is 12.0 Å². The Bertz CT molecular complexity index is 1180. The molecule has 10 nitrogen and oxygen atoms in total. The number of nitro groups is 1. The summed E-state index contributed by atoms with van der Waals surface area (Å²) in [6.07, 6.45) is 1.10. The molecule has 3 rings (SSSR count). The minimum absolute atomic E-state index is 0.00923. The predicted octanol–water partition coefficient (Wildman–Crippen LogP) is 3.03. The molecule has 10 heteroatoms. The smallest absolute Gasteiger partial charge is 0.419 e. The minimum Gasteiger partial charge on any atom is -0.456 e. The molecular formula is C21H21N3O7. The highest BCUT2D eigenvalue weighted by atomic mass is 16.6. The van der Waals surface area contributed by atoms with Crippen LogP contribution in [0.15, 0.2) is 51.7 Å². The zero-order valence-corrected chi connectivity index (χ0v) is 16.8. The van der Waals surface area contributed by atoms with Crippen molar-refractivity contribution in [1.29, 1.82) is 0 Å². The quantitative estimate of drug-likeness (QED) is 0.315. The van der Waals surface area contributed by atoms with Gasteiger partial charge in [-0.05, 0) is 36.6 Å². The van der Waals surface area contributed by atoms with Gasteiger partial charge in [-0.2, -0.15) is 0 Å². The molecule has 0 fully saturated rings. The van der Waals surface area contributed by atoms with E-state index in [-0.39, 0.29) is 30.7 Å². The molecule has 0 saturated carbocycles. The van der Waals surface area contributed by atoms with Crippen molar-refractivity contribution in [2.75, 3.05) is 11.9 Å². The predicted molar refractivity (Wildman–Crippen MR) is 112 cm³/mol. The molecule has 0 unspecified atom stereocenters. The lowest BCUT2D eigenvalue weighted by atomic mass is 10.1. The number of amides is 1. The molecule has 1 N–H and O–H groups in total. The van der Waals surface area contributed by atoms with Crippen molar-refractivity contribution >= 4 is 34.4 Å². The zero-order chi connectivity index (χ0) is 22.4. The lowest BCUT2D eigenvalue weighted by Gasteiger charge is -2.08. The second-order valence-electron chi connectivity index (χ2n) is 6.80. The van der Waals surface area contributed by atoms with Crippen molar-refractivity contribution < 1.29 is 23.7 Å². The van der Waals surface area contributed by atoms with Gasteiger partial charge in [-0.15, -0.1) is 0 Å². The summed E-state index contributed by atoms with van der Waals surface area (Å²) >= 11 is 0. The highest BCUT2D eigenvalue weighted by Crippen LogP contribution is 2.20. The van der Waals surface area contributed by atoms with E-state index in [1.165, 1.54) is 22.8 Å². The first-order valence-corrected chi connectivity index (χ1v) is 9.69. The molecule has 0 atom stereocenters. The van der Waals surface area contributed by atoms with Crippen LogP contribution in [0.25, 0.3) is 11.1 Å². The number of nitro benzene ring substituents is 1. The third-order valence-electron chi connectivity index (χ3n) is 4.61. The van der Waals surface area contributed by atoms with Crippen LogP contribution in [0.2, 0.25) is 0 Å². The summed E-state index contributed by atoms with van der Waals surface area (Å²) in [4.78, 5) is 46.1. The number of rotatable bonds is 9. The first-order chi connectivity index (χ1) is 14.9. The highest BCUT2D eigenvalue weighted by molar-refractivity contribution is 5.92. The fraction of sp³-hybridized carbons (Fsp3) is 0.286. The van der Waals surface area contributed by atoms with Gasteiger partial charge in [-0.1, -0.05) is 19.1 Å². The molecule has 0 aliphatic rings. The maximum absolute atomic E-state index is 12.0. The molecule has 0 bridgehead atoms. The number of aromatic nitrogens is 1. The van der Waals surface area contributed by atoms with Crippen LogP contribution in [-0.4, -0.2) is 28.0 Å². The van der Waals surface area contributed by atoms with Crippen LogP contribution in [0.1, 0.15) is 25.3 Å². The van der Waals surface area contributed by atoms with Crippen molar-refractivity contribution in [1.82, 2.24) is 4.57 Å². The van der Waals surface area contributed by atoms with Gasteiger partial charge in [0.1, 0.15) is 0 Å². The lowest BCUT2D eigenvalue weighted by Crippen LogP contribution is -2.21. The number of non-ortho nitro benzene ring substituents is 1. The highest BCUT2D eigenvalue weighted by Gasteiger charge is 2.15. The molecule has 1 amide bonds. The third-order valence-corrected chi connectivity index (χ3v) is 4.61. The molecule has 1 aromatic heterocycles. The van der Waals surface area contributed by atoms with Gasteiger partial charge in [0.25, 0.3) is 11.6 Å². The largest absolute Gasteiger partial charge is 0.456 e. The van der Waals surface area contributed by atoms with Crippen LogP contribution in [0.5, 0.6) is 0 Å². The van der Waals surface area contributed by atoms with E-state index in [4.69, 9.17) is 9.15 Å². The Balaban J connectivity index is 1.48. The summed E-state index contributed by atoms with van der Waals surface area (Å²) in [5.41, 5.74) is 2.03. The van der Waals surface area contributed by atoms with E-state index in [0.29, 0.717) is 11.2 Å². The summed E-state index contributed by atoms with van der Waals surface area (Å²) in [5, 5.41) is 13.5. The second-order valence-corrected chi connectivity index (χ2v) is 6.80. The number of ether oxygens (including phenoxy) is 1. The van der Waals surface area contributed by atoms with E-state index in [1.807, 2.05) is 25.1 Å².